The fraction of sp³-hybridized carbons (Fsp3) is 0.667. The summed E-state index contributed by atoms with van der Waals surface area (Å²) in [6.45, 7) is 3.21. The molecule has 0 aromatic heterocycles. The smallest absolute Gasteiger partial charge is 0.175 e. The third-order valence-corrected chi connectivity index (χ3v) is 5.46. The fourth-order valence-electron chi connectivity index (χ4n) is 3.79. The van der Waals surface area contributed by atoms with Crippen LogP contribution >= 0.6 is 15.9 Å². The molecule has 2 nitrogen and oxygen atoms in total. The standard InChI is InChI=1S/C15H20BrNO/c1-2-3-4-7-17-14-11-9-5-6-10(8-9)12(11)15(18)13(14)16/h5-6,9-12,17H,2-4,7-8H2,1H3/t9-,10+,11-,12+/m0/s1. The number of carbonyl (C=O) groups is 1. The van der Waals surface area contributed by atoms with Crippen molar-refractivity contribution in [1.82, 2.24) is 5.32 Å². The summed E-state index contributed by atoms with van der Waals surface area (Å²) in [7, 11) is 0. The van der Waals surface area contributed by atoms with E-state index in [0.717, 1.165) is 11.0 Å². The van der Waals surface area contributed by atoms with Crippen LogP contribution in [0.2, 0.25) is 0 Å². The zero-order chi connectivity index (χ0) is 12.7. The molecule has 3 rings (SSSR count). The highest BCUT2D eigenvalue weighted by Crippen LogP contribution is 2.56. The average Bonchev–Trinajstić information content (AvgIpc) is 3.02. The number of hydrogen-bond donors (Lipinski definition) is 1. The van der Waals surface area contributed by atoms with Gasteiger partial charge in [0.2, 0.25) is 0 Å². The largest absolute Gasteiger partial charge is 0.387 e. The van der Waals surface area contributed by atoms with Crippen LogP contribution in [0.3, 0.4) is 0 Å². The van der Waals surface area contributed by atoms with Gasteiger partial charge in [0.25, 0.3) is 0 Å². The monoisotopic (exact) mass is 309 g/mol. The maximum absolute atomic E-state index is 12.3. The van der Waals surface area contributed by atoms with E-state index in [9.17, 15) is 4.79 Å². The third-order valence-electron chi connectivity index (χ3n) is 4.64. The first kappa shape index (κ1) is 12.5. The van der Waals surface area contributed by atoms with Crippen LogP contribution in [-0.2, 0) is 4.79 Å². The van der Waals surface area contributed by atoms with Crippen LogP contribution in [0, 0.1) is 23.7 Å². The van der Waals surface area contributed by atoms with Crippen molar-refractivity contribution in [2.45, 2.75) is 32.6 Å². The van der Waals surface area contributed by atoms with Gasteiger partial charge in [-0.25, -0.2) is 0 Å². The van der Waals surface area contributed by atoms with Gasteiger partial charge in [0.15, 0.2) is 5.78 Å². The van der Waals surface area contributed by atoms with Crippen molar-refractivity contribution in [1.29, 1.82) is 0 Å². The zero-order valence-corrected chi connectivity index (χ0v) is 12.4. The minimum absolute atomic E-state index is 0.225. The number of fused-ring (bicyclic) bond motifs is 5. The fourth-order valence-corrected chi connectivity index (χ4v) is 4.46. The molecule has 3 aliphatic carbocycles. The quantitative estimate of drug-likeness (QED) is 0.623. The highest BCUT2D eigenvalue weighted by molar-refractivity contribution is 9.12. The number of rotatable bonds is 5. The molecule has 0 aromatic carbocycles. The lowest BCUT2D eigenvalue weighted by molar-refractivity contribution is -0.119. The lowest BCUT2D eigenvalue weighted by atomic mass is 9.84. The Labute approximate surface area is 117 Å². The predicted molar refractivity (Wildman–Crippen MR) is 76.2 cm³/mol. The summed E-state index contributed by atoms with van der Waals surface area (Å²) in [6, 6.07) is 0. The molecule has 0 heterocycles. The summed E-state index contributed by atoms with van der Waals surface area (Å²) in [5, 5.41) is 3.53. The minimum Gasteiger partial charge on any atom is -0.387 e. The molecule has 0 saturated heterocycles. The van der Waals surface area contributed by atoms with Gasteiger partial charge in [-0.05, 0) is 40.6 Å². The molecule has 1 N–H and O–H groups in total. The lowest BCUT2D eigenvalue weighted by Crippen LogP contribution is -2.26. The van der Waals surface area contributed by atoms with Gasteiger partial charge in [-0.15, -0.1) is 0 Å². The van der Waals surface area contributed by atoms with E-state index in [1.54, 1.807) is 0 Å². The van der Waals surface area contributed by atoms with Crippen molar-refractivity contribution in [3.8, 4) is 0 Å². The van der Waals surface area contributed by atoms with Crippen LogP contribution < -0.4 is 5.32 Å². The summed E-state index contributed by atoms with van der Waals surface area (Å²) in [5.41, 5.74) is 1.19. The van der Waals surface area contributed by atoms with E-state index in [-0.39, 0.29) is 5.92 Å². The number of carbonyl (C=O) groups excluding carboxylic acids is 1. The molecular formula is C15H20BrNO. The average molecular weight is 310 g/mol. The van der Waals surface area contributed by atoms with Crippen molar-refractivity contribution in [3.63, 3.8) is 0 Å². The first-order valence-corrected chi connectivity index (χ1v) is 7.89. The summed E-state index contributed by atoms with van der Waals surface area (Å²) in [6.07, 6.45) is 9.44. The second-order valence-electron chi connectivity index (χ2n) is 5.73. The van der Waals surface area contributed by atoms with Crippen LogP contribution in [0.1, 0.15) is 32.6 Å². The van der Waals surface area contributed by atoms with E-state index in [4.69, 9.17) is 0 Å². The first-order chi connectivity index (χ1) is 8.74. The van der Waals surface area contributed by atoms with Gasteiger partial charge in [-0.1, -0.05) is 31.9 Å². The molecule has 0 aliphatic heterocycles. The summed E-state index contributed by atoms with van der Waals surface area (Å²) < 4.78 is 0.826. The van der Waals surface area contributed by atoms with Crippen LogP contribution in [0.25, 0.3) is 0 Å². The van der Waals surface area contributed by atoms with Gasteiger partial charge in [-0.3, -0.25) is 4.79 Å². The molecule has 2 bridgehead atoms. The van der Waals surface area contributed by atoms with E-state index in [1.807, 2.05) is 0 Å². The number of ketones is 1. The van der Waals surface area contributed by atoms with Crippen LogP contribution in [-0.4, -0.2) is 12.3 Å². The van der Waals surface area contributed by atoms with Crippen LogP contribution in [0.15, 0.2) is 22.3 Å². The molecule has 0 aromatic rings. The van der Waals surface area contributed by atoms with E-state index in [2.05, 4.69) is 40.3 Å². The molecule has 0 radical (unpaired) electrons. The van der Waals surface area contributed by atoms with Crippen molar-refractivity contribution in [3.05, 3.63) is 22.3 Å². The van der Waals surface area contributed by atoms with Gasteiger partial charge in [0.1, 0.15) is 0 Å². The van der Waals surface area contributed by atoms with Crippen LogP contribution in [0.4, 0.5) is 0 Å². The van der Waals surface area contributed by atoms with E-state index in [1.165, 1.54) is 31.4 Å². The number of Topliss-reactive ketones (excluding diaryl/α,β-unsaturated/α-hetero) is 1. The van der Waals surface area contributed by atoms with Crippen molar-refractivity contribution in [2.75, 3.05) is 6.54 Å². The Balaban J connectivity index is 1.72. The Bertz CT molecular complexity index is 426. The predicted octanol–water partition coefficient (Wildman–Crippen LogP) is 3.39. The Kier molecular flexibility index (Phi) is 3.35. The van der Waals surface area contributed by atoms with E-state index in [0.29, 0.717) is 23.5 Å². The second-order valence-corrected chi connectivity index (χ2v) is 6.52. The molecule has 0 unspecified atom stereocenters. The minimum atomic E-state index is 0.225. The van der Waals surface area contributed by atoms with Crippen LogP contribution in [0.5, 0.6) is 0 Å². The Morgan fingerprint density at radius 1 is 1.28 bits per heavy atom. The SMILES string of the molecule is CCCCCNC1=C(Br)C(=O)[C@H]2[C@@H]1[C@H]1C=C[C@@H]2C1. The van der Waals surface area contributed by atoms with Crippen molar-refractivity contribution >= 4 is 21.7 Å². The number of allylic oxidation sites excluding steroid dienone is 4. The Hall–Kier alpha value is -0.570. The number of nitrogens with one attached hydrogen (secondary N) is 1. The summed E-state index contributed by atoms with van der Waals surface area (Å²) in [5.74, 6) is 2.07. The topological polar surface area (TPSA) is 29.1 Å². The molecule has 1 fully saturated rings. The molecule has 1 saturated carbocycles. The number of unbranched alkanes of at least 4 members (excludes halogenated alkanes) is 2. The summed E-state index contributed by atoms with van der Waals surface area (Å²) in [4.78, 5) is 12.3. The summed E-state index contributed by atoms with van der Waals surface area (Å²) >= 11 is 3.52. The highest BCUT2D eigenvalue weighted by atomic mass is 79.9. The Morgan fingerprint density at radius 3 is 2.72 bits per heavy atom. The van der Waals surface area contributed by atoms with Crippen molar-refractivity contribution in [2.24, 2.45) is 23.7 Å². The molecule has 3 heteroatoms. The van der Waals surface area contributed by atoms with Crippen molar-refractivity contribution < 1.29 is 4.79 Å². The number of halogens is 1. The molecule has 3 aliphatic rings. The first-order valence-electron chi connectivity index (χ1n) is 7.10. The van der Waals surface area contributed by atoms with Gasteiger partial charge >= 0.3 is 0 Å². The Morgan fingerprint density at radius 2 is 2.00 bits per heavy atom. The number of hydrogen-bond acceptors (Lipinski definition) is 2. The maximum atomic E-state index is 12.3. The normalized spacial score (nSPS) is 36.7. The second kappa shape index (κ2) is 4.84. The molecule has 0 spiro atoms. The molecule has 4 atom stereocenters. The van der Waals surface area contributed by atoms with Gasteiger partial charge in [-0.2, -0.15) is 0 Å². The van der Waals surface area contributed by atoms with Gasteiger partial charge in [0.05, 0.1) is 4.48 Å². The zero-order valence-electron chi connectivity index (χ0n) is 10.8. The molecular weight excluding hydrogens is 290 g/mol. The molecule has 98 valence electrons. The lowest BCUT2D eigenvalue weighted by Gasteiger charge is -2.23. The molecule has 0 amide bonds. The third kappa shape index (κ3) is 1.78. The van der Waals surface area contributed by atoms with Gasteiger partial charge in [0, 0.05) is 24.1 Å². The molecule has 18 heavy (non-hydrogen) atoms. The maximum Gasteiger partial charge on any atom is 0.175 e. The van der Waals surface area contributed by atoms with E-state index >= 15 is 0 Å². The van der Waals surface area contributed by atoms with E-state index < -0.39 is 0 Å². The highest BCUT2D eigenvalue weighted by Gasteiger charge is 2.54. The van der Waals surface area contributed by atoms with Gasteiger partial charge < -0.3 is 5.32 Å².